The molecule has 0 radical (unpaired) electrons. The topological polar surface area (TPSA) is 49.0 Å². The molecule has 0 aliphatic heterocycles. The van der Waals surface area contributed by atoms with Crippen LogP contribution in [0.3, 0.4) is 0 Å². The molecular formula is C17H15N3O. The van der Waals surface area contributed by atoms with Crippen LogP contribution >= 0.6 is 0 Å². The molecule has 0 aliphatic carbocycles. The van der Waals surface area contributed by atoms with Crippen LogP contribution in [0.2, 0.25) is 0 Å². The van der Waals surface area contributed by atoms with Crippen LogP contribution in [-0.2, 0) is 0 Å². The van der Waals surface area contributed by atoms with Crippen LogP contribution in [0, 0.1) is 0 Å². The van der Waals surface area contributed by atoms with Crippen molar-refractivity contribution in [1.82, 2.24) is 10.2 Å². The zero-order chi connectivity index (χ0) is 14.7. The zero-order valence-corrected chi connectivity index (χ0v) is 11.5. The lowest BCUT2D eigenvalue weighted by molar-refractivity contribution is 0.0986. The molecule has 3 rings (SSSR count). The first-order chi connectivity index (χ1) is 10.3. The van der Waals surface area contributed by atoms with Gasteiger partial charge in [-0.25, -0.2) is 0 Å². The molecule has 1 amide bonds. The van der Waals surface area contributed by atoms with Crippen LogP contribution < -0.4 is 4.90 Å². The summed E-state index contributed by atoms with van der Waals surface area (Å²) in [6, 6.07) is 17.1. The number of hydrogen-bond acceptors (Lipinski definition) is 2. The SMILES string of the molecule is C=CCN(C(=O)c1n[nH]c2ccccc12)c1ccccc1. The number of para-hydroxylation sites is 2. The molecule has 4 heteroatoms. The minimum absolute atomic E-state index is 0.140. The molecule has 0 bridgehead atoms. The lowest BCUT2D eigenvalue weighted by Gasteiger charge is -2.20. The van der Waals surface area contributed by atoms with Crippen molar-refractivity contribution in [3.05, 3.63) is 72.9 Å². The summed E-state index contributed by atoms with van der Waals surface area (Å²) in [5.74, 6) is -0.140. The first-order valence-corrected chi connectivity index (χ1v) is 6.72. The van der Waals surface area contributed by atoms with Crippen molar-refractivity contribution in [3.63, 3.8) is 0 Å². The van der Waals surface area contributed by atoms with Crippen LogP contribution in [0.5, 0.6) is 0 Å². The number of rotatable bonds is 4. The van der Waals surface area contributed by atoms with E-state index in [0.717, 1.165) is 16.6 Å². The molecular weight excluding hydrogens is 262 g/mol. The van der Waals surface area contributed by atoms with Gasteiger partial charge in [-0.1, -0.05) is 42.5 Å². The van der Waals surface area contributed by atoms with Crippen molar-refractivity contribution in [2.45, 2.75) is 0 Å². The molecule has 2 aromatic carbocycles. The van der Waals surface area contributed by atoms with Gasteiger partial charge in [0.1, 0.15) is 0 Å². The molecule has 0 saturated carbocycles. The van der Waals surface area contributed by atoms with E-state index < -0.39 is 0 Å². The van der Waals surface area contributed by atoms with Crippen LogP contribution in [-0.4, -0.2) is 22.6 Å². The highest BCUT2D eigenvalue weighted by atomic mass is 16.2. The van der Waals surface area contributed by atoms with Crippen molar-refractivity contribution in [1.29, 1.82) is 0 Å². The number of aromatic amines is 1. The maximum atomic E-state index is 12.8. The number of aromatic nitrogens is 2. The van der Waals surface area contributed by atoms with Crippen LogP contribution in [0.4, 0.5) is 5.69 Å². The van der Waals surface area contributed by atoms with Gasteiger partial charge in [0.15, 0.2) is 5.69 Å². The fraction of sp³-hybridized carbons (Fsp3) is 0.0588. The fourth-order valence-electron chi connectivity index (χ4n) is 2.30. The highest BCUT2D eigenvalue weighted by Gasteiger charge is 2.21. The summed E-state index contributed by atoms with van der Waals surface area (Å²) in [5.41, 5.74) is 2.11. The predicted molar refractivity (Wildman–Crippen MR) is 84.4 cm³/mol. The number of nitrogens with zero attached hydrogens (tertiary/aromatic N) is 2. The van der Waals surface area contributed by atoms with Crippen molar-refractivity contribution >= 4 is 22.5 Å². The van der Waals surface area contributed by atoms with Gasteiger partial charge in [0.25, 0.3) is 5.91 Å². The predicted octanol–water partition coefficient (Wildman–Crippen LogP) is 3.40. The average Bonchev–Trinajstić information content (AvgIpc) is 2.97. The molecule has 0 fully saturated rings. The van der Waals surface area contributed by atoms with E-state index in [1.165, 1.54) is 0 Å². The molecule has 104 valence electrons. The molecule has 0 unspecified atom stereocenters. The van der Waals surface area contributed by atoms with E-state index in [1.807, 2.05) is 54.6 Å². The Morgan fingerprint density at radius 2 is 1.86 bits per heavy atom. The second kappa shape index (κ2) is 5.63. The number of hydrogen-bond donors (Lipinski definition) is 1. The Balaban J connectivity index is 2.04. The summed E-state index contributed by atoms with van der Waals surface area (Å²) in [4.78, 5) is 14.5. The van der Waals surface area contributed by atoms with E-state index in [9.17, 15) is 4.79 Å². The molecule has 4 nitrogen and oxygen atoms in total. The molecule has 21 heavy (non-hydrogen) atoms. The fourth-order valence-corrected chi connectivity index (χ4v) is 2.30. The number of H-pyrrole nitrogens is 1. The number of carbonyl (C=O) groups excluding carboxylic acids is 1. The molecule has 0 aliphatic rings. The molecule has 1 heterocycles. The average molecular weight is 277 g/mol. The number of nitrogens with one attached hydrogen (secondary N) is 1. The van der Waals surface area contributed by atoms with Crippen LogP contribution in [0.15, 0.2) is 67.3 Å². The van der Waals surface area contributed by atoms with Crippen molar-refractivity contribution in [2.24, 2.45) is 0 Å². The third-order valence-electron chi connectivity index (χ3n) is 3.30. The third-order valence-corrected chi connectivity index (χ3v) is 3.30. The summed E-state index contributed by atoms with van der Waals surface area (Å²) in [6.45, 7) is 4.16. The molecule has 1 N–H and O–H groups in total. The Kier molecular flexibility index (Phi) is 3.51. The smallest absolute Gasteiger partial charge is 0.279 e. The number of benzene rings is 2. The maximum absolute atomic E-state index is 12.8. The standard InChI is InChI=1S/C17H15N3O/c1-2-12-20(13-8-4-3-5-9-13)17(21)16-14-10-6-7-11-15(14)18-19-16/h2-11H,1,12H2,(H,18,19). The number of fused-ring (bicyclic) bond motifs is 1. The number of amides is 1. The summed E-state index contributed by atoms with van der Waals surface area (Å²) >= 11 is 0. The summed E-state index contributed by atoms with van der Waals surface area (Å²) < 4.78 is 0. The van der Waals surface area contributed by atoms with E-state index in [-0.39, 0.29) is 5.91 Å². The first-order valence-electron chi connectivity index (χ1n) is 6.72. The minimum Gasteiger partial charge on any atom is -0.303 e. The van der Waals surface area contributed by atoms with E-state index in [2.05, 4.69) is 16.8 Å². The van der Waals surface area contributed by atoms with Gasteiger partial charge in [-0.15, -0.1) is 6.58 Å². The Morgan fingerprint density at radius 1 is 1.14 bits per heavy atom. The highest BCUT2D eigenvalue weighted by molar-refractivity contribution is 6.12. The van der Waals surface area contributed by atoms with Gasteiger partial charge in [-0.2, -0.15) is 5.10 Å². The van der Waals surface area contributed by atoms with Crippen LogP contribution in [0.25, 0.3) is 10.9 Å². The van der Waals surface area contributed by atoms with Crippen molar-refractivity contribution in [3.8, 4) is 0 Å². The van der Waals surface area contributed by atoms with Gasteiger partial charge in [-0.05, 0) is 18.2 Å². The lowest BCUT2D eigenvalue weighted by Crippen LogP contribution is -2.31. The Hall–Kier alpha value is -2.88. The van der Waals surface area contributed by atoms with Gasteiger partial charge in [0.2, 0.25) is 0 Å². The Bertz CT molecular complexity index is 777. The van der Waals surface area contributed by atoms with E-state index >= 15 is 0 Å². The Morgan fingerprint density at radius 3 is 2.62 bits per heavy atom. The van der Waals surface area contributed by atoms with Crippen molar-refractivity contribution < 1.29 is 4.79 Å². The number of carbonyl (C=O) groups is 1. The van der Waals surface area contributed by atoms with Crippen molar-refractivity contribution in [2.75, 3.05) is 11.4 Å². The lowest BCUT2D eigenvalue weighted by atomic mass is 10.2. The Labute approximate surface area is 122 Å². The highest BCUT2D eigenvalue weighted by Crippen LogP contribution is 2.21. The van der Waals surface area contributed by atoms with Gasteiger partial charge in [0.05, 0.1) is 5.52 Å². The molecule has 0 atom stereocenters. The second-order valence-electron chi connectivity index (χ2n) is 4.66. The maximum Gasteiger partial charge on any atom is 0.279 e. The third kappa shape index (κ3) is 2.43. The van der Waals surface area contributed by atoms with Crippen LogP contribution in [0.1, 0.15) is 10.5 Å². The van der Waals surface area contributed by atoms with E-state index in [0.29, 0.717) is 12.2 Å². The normalized spacial score (nSPS) is 10.5. The van der Waals surface area contributed by atoms with Gasteiger partial charge in [-0.3, -0.25) is 9.89 Å². The summed E-state index contributed by atoms with van der Waals surface area (Å²) in [7, 11) is 0. The quantitative estimate of drug-likeness (QED) is 0.743. The molecule has 0 saturated heterocycles. The molecule has 1 aromatic heterocycles. The monoisotopic (exact) mass is 277 g/mol. The summed E-state index contributed by atoms with van der Waals surface area (Å²) in [5, 5.41) is 7.89. The minimum atomic E-state index is -0.140. The summed E-state index contributed by atoms with van der Waals surface area (Å²) in [6.07, 6.45) is 1.71. The second-order valence-corrected chi connectivity index (χ2v) is 4.66. The largest absolute Gasteiger partial charge is 0.303 e. The molecule has 3 aromatic rings. The van der Waals surface area contributed by atoms with E-state index in [1.54, 1.807) is 11.0 Å². The first kappa shape index (κ1) is 13.1. The van der Waals surface area contributed by atoms with Gasteiger partial charge in [0, 0.05) is 17.6 Å². The van der Waals surface area contributed by atoms with Gasteiger partial charge >= 0.3 is 0 Å². The zero-order valence-electron chi connectivity index (χ0n) is 11.5. The van der Waals surface area contributed by atoms with Gasteiger partial charge < -0.3 is 4.90 Å². The van der Waals surface area contributed by atoms with E-state index in [4.69, 9.17) is 0 Å². The molecule has 0 spiro atoms. The number of anilines is 1.